The first-order valence-electron chi connectivity index (χ1n) is 11.8. The molecule has 0 amide bonds. The van der Waals surface area contributed by atoms with Crippen molar-refractivity contribution >= 4 is 34.1 Å². The van der Waals surface area contributed by atoms with Crippen LogP contribution in [0.3, 0.4) is 0 Å². The third kappa shape index (κ3) is 4.72. The van der Waals surface area contributed by atoms with Crippen LogP contribution in [-0.4, -0.2) is 25.8 Å². The topological polar surface area (TPSA) is 68.0 Å². The van der Waals surface area contributed by atoms with Gasteiger partial charge in [0.1, 0.15) is 0 Å². The fourth-order valence-electron chi connectivity index (χ4n) is 4.48. The SMILES string of the molecule is CCC(=C(c1ccc(C=CC(=O)O)cc1)c1ccc2c(cnn2-c2cccnc2)c1)c1ccccc1. The summed E-state index contributed by atoms with van der Waals surface area (Å²) in [5.74, 6) is -0.961. The van der Waals surface area contributed by atoms with E-state index in [9.17, 15) is 4.79 Å². The highest BCUT2D eigenvalue weighted by Gasteiger charge is 2.15. The van der Waals surface area contributed by atoms with Crippen molar-refractivity contribution in [2.24, 2.45) is 0 Å². The highest BCUT2D eigenvalue weighted by Crippen LogP contribution is 2.36. The first-order chi connectivity index (χ1) is 17.6. The lowest BCUT2D eigenvalue weighted by Gasteiger charge is -2.17. The van der Waals surface area contributed by atoms with Gasteiger partial charge in [0.15, 0.2) is 0 Å². The molecule has 5 nitrogen and oxygen atoms in total. The zero-order valence-corrected chi connectivity index (χ0v) is 19.9. The number of fused-ring (bicyclic) bond motifs is 1. The minimum Gasteiger partial charge on any atom is -0.478 e. The van der Waals surface area contributed by atoms with Crippen molar-refractivity contribution in [1.82, 2.24) is 14.8 Å². The summed E-state index contributed by atoms with van der Waals surface area (Å²) in [4.78, 5) is 15.1. The Morgan fingerprint density at radius 1 is 0.889 bits per heavy atom. The van der Waals surface area contributed by atoms with Gasteiger partial charge in [0.05, 0.1) is 23.6 Å². The number of nitrogens with zero attached hydrogens (tertiary/aromatic N) is 3. The Hall–Kier alpha value is -4.77. The minimum absolute atomic E-state index is 0.839. The molecule has 0 aliphatic heterocycles. The van der Waals surface area contributed by atoms with Gasteiger partial charge in [-0.25, -0.2) is 9.48 Å². The maximum absolute atomic E-state index is 10.9. The quantitative estimate of drug-likeness (QED) is 0.207. The molecule has 3 aromatic carbocycles. The molecule has 0 aliphatic rings. The molecule has 36 heavy (non-hydrogen) atoms. The van der Waals surface area contributed by atoms with Gasteiger partial charge in [-0.05, 0) is 70.2 Å². The second-order valence-electron chi connectivity index (χ2n) is 8.41. The summed E-state index contributed by atoms with van der Waals surface area (Å²) in [5.41, 5.74) is 8.50. The highest BCUT2D eigenvalue weighted by atomic mass is 16.4. The van der Waals surface area contributed by atoms with Crippen LogP contribution < -0.4 is 0 Å². The largest absolute Gasteiger partial charge is 0.478 e. The molecule has 0 bridgehead atoms. The van der Waals surface area contributed by atoms with Crippen LogP contribution in [-0.2, 0) is 4.79 Å². The molecule has 5 rings (SSSR count). The molecular formula is C31H25N3O2. The van der Waals surface area contributed by atoms with Crippen molar-refractivity contribution < 1.29 is 9.90 Å². The van der Waals surface area contributed by atoms with Crippen molar-refractivity contribution in [1.29, 1.82) is 0 Å². The maximum atomic E-state index is 10.9. The minimum atomic E-state index is -0.961. The van der Waals surface area contributed by atoms with Crippen molar-refractivity contribution in [3.63, 3.8) is 0 Å². The molecule has 0 radical (unpaired) electrons. The van der Waals surface area contributed by atoms with Crippen LogP contribution in [0, 0.1) is 0 Å². The Kier molecular flexibility index (Phi) is 6.54. The monoisotopic (exact) mass is 471 g/mol. The predicted molar refractivity (Wildman–Crippen MR) is 145 cm³/mol. The smallest absolute Gasteiger partial charge is 0.328 e. The molecule has 0 spiro atoms. The lowest BCUT2D eigenvalue weighted by molar-refractivity contribution is -0.131. The number of aliphatic carboxylic acids is 1. The normalized spacial score (nSPS) is 12.1. The molecule has 0 fully saturated rings. The summed E-state index contributed by atoms with van der Waals surface area (Å²) in [6, 6.07) is 28.8. The van der Waals surface area contributed by atoms with E-state index in [0.29, 0.717) is 0 Å². The average molecular weight is 472 g/mol. The zero-order chi connectivity index (χ0) is 24.9. The van der Waals surface area contributed by atoms with E-state index in [4.69, 9.17) is 5.11 Å². The molecule has 0 saturated heterocycles. The summed E-state index contributed by atoms with van der Waals surface area (Å²) in [7, 11) is 0. The Balaban J connectivity index is 1.66. The van der Waals surface area contributed by atoms with Gasteiger partial charge in [-0.1, -0.05) is 67.6 Å². The molecule has 1 N–H and O–H groups in total. The molecule has 0 saturated carbocycles. The van der Waals surface area contributed by atoms with E-state index in [1.54, 1.807) is 18.5 Å². The van der Waals surface area contributed by atoms with E-state index in [1.807, 2.05) is 41.2 Å². The van der Waals surface area contributed by atoms with Gasteiger partial charge in [0.2, 0.25) is 0 Å². The van der Waals surface area contributed by atoms with Crippen molar-refractivity contribution in [2.45, 2.75) is 13.3 Å². The molecule has 0 atom stereocenters. The van der Waals surface area contributed by atoms with Crippen LogP contribution in [0.1, 0.15) is 35.6 Å². The lowest BCUT2D eigenvalue weighted by Crippen LogP contribution is -1.97. The van der Waals surface area contributed by atoms with Gasteiger partial charge < -0.3 is 5.11 Å². The van der Waals surface area contributed by atoms with Gasteiger partial charge >= 0.3 is 5.97 Å². The third-order valence-electron chi connectivity index (χ3n) is 6.14. The van der Waals surface area contributed by atoms with Crippen molar-refractivity contribution in [3.8, 4) is 5.69 Å². The van der Waals surface area contributed by atoms with Crippen LogP contribution >= 0.6 is 0 Å². The summed E-state index contributed by atoms with van der Waals surface area (Å²) in [5, 5.41) is 14.6. The third-order valence-corrected chi connectivity index (χ3v) is 6.14. The second kappa shape index (κ2) is 10.2. The average Bonchev–Trinajstić information content (AvgIpc) is 3.35. The molecule has 2 heterocycles. The number of hydrogen-bond acceptors (Lipinski definition) is 3. The van der Waals surface area contributed by atoms with Crippen LogP contribution in [0.5, 0.6) is 0 Å². The number of carboxylic acid groups (broad SMARTS) is 1. The number of aromatic nitrogens is 3. The van der Waals surface area contributed by atoms with Gasteiger partial charge in [-0.3, -0.25) is 4.98 Å². The molecule has 0 unspecified atom stereocenters. The predicted octanol–water partition coefficient (Wildman–Crippen LogP) is 6.89. The van der Waals surface area contributed by atoms with Crippen LogP contribution in [0.2, 0.25) is 0 Å². The molecule has 5 aromatic rings. The molecule has 0 aliphatic carbocycles. The van der Waals surface area contributed by atoms with Gasteiger partial charge in [0.25, 0.3) is 0 Å². The number of allylic oxidation sites excluding steroid dienone is 1. The zero-order valence-electron chi connectivity index (χ0n) is 19.9. The summed E-state index contributed by atoms with van der Waals surface area (Å²) in [6.07, 6.45) is 9.05. The summed E-state index contributed by atoms with van der Waals surface area (Å²) in [6.45, 7) is 2.17. The van der Waals surface area contributed by atoms with Crippen molar-refractivity contribution in [2.75, 3.05) is 0 Å². The Morgan fingerprint density at radius 2 is 1.67 bits per heavy atom. The number of benzene rings is 3. The Morgan fingerprint density at radius 3 is 2.36 bits per heavy atom. The highest BCUT2D eigenvalue weighted by molar-refractivity contribution is 6.00. The van der Waals surface area contributed by atoms with Gasteiger partial charge in [-0.15, -0.1) is 0 Å². The van der Waals surface area contributed by atoms with E-state index in [2.05, 4.69) is 71.6 Å². The lowest BCUT2D eigenvalue weighted by atomic mass is 9.87. The van der Waals surface area contributed by atoms with E-state index in [-0.39, 0.29) is 0 Å². The maximum Gasteiger partial charge on any atom is 0.328 e. The molecule has 5 heteroatoms. The fraction of sp³-hybridized carbons (Fsp3) is 0.0645. The number of carbonyl (C=O) groups is 1. The van der Waals surface area contributed by atoms with E-state index < -0.39 is 5.97 Å². The molecule has 176 valence electrons. The first-order valence-corrected chi connectivity index (χ1v) is 11.8. The van der Waals surface area contributed by atoms with Crippen LogP contribution in [0.25, 0.3) is 33.8 Å². The molecule has 2 aromatic heterocycles. The summed E-state index contributed by atoms with van der Waals surface area (Å²) < 4.78 is 1.90. The van der Waals surface area contributed by atoms with E-state index in [0.717, 1.165) is 51.4 Å². The van der Waals surface area contributed by atoms with Crippen LogP contribution in [0.4, 0.5) is 0 Å². The van der Waals surface area contributed by atoms with Crippen molar-refractivity contribution in [3.05, 3.63) is 132 Å². The first kappa shape index (κ1) is 23.0. The Labute approximate surface area is 209 Å². The van der Waals surface area contributed by atoms with Crippen LogP contribution in [0.15, 0.2) is 110 Å². The van der Waals surface area contributed by atoms with Gasteiger partial charge in [0, 0.05) is 17.7 Å². The van der Waals surface area contributed by atoms with E-state index >= 15 is 0 Å². The number of carboxylic acids is 1. The molecular weight excluding hydrogens is 446 g/mol. The number of pyridine rings is 1. The summed E-state index contributed by atoms with van der Waals surface area (Å²) >= 11 is 0. The van der Waals surface area contributed by atoms with E-state index in [1.165, 1.54) is 11.1 Å². The fourth-order valence-corrected chi connectivity index (χ4v) is 4.48. The standard InChI is InChI=1S/C31H25N3O2/c1-2-28(23-7-4-3-5-8-23)31(24-13-10-22(11-14-24)12-17-30(35)36)25-15-16-29-26(19-25)20-33-34(29)27-9-6-18-32-21-27/h3-21H,2H2,1H3,(H,35,36). The second-order valence-corrected chi connectivity index (χ2v) is 8.41. The number of hydrogen-bond donors (Lipinski definition) is 1. The Bertz CT molecular complexity index is 1570. The number of rotatable bonds is 7. The van der Waals surface area contributed by atoms with Gasteiger partial charge in [-0.2, -0.15) is 5.10 Å².